The fraction of sp³-hybridized carbons (Fsp3) is 0.550. The summed E-state index contributed by atoms with van der Waals surface area (Å²) in [6, 6.07) is 7.37. The van der Waals surface area contributed by atoms with Gasteiger partial charge in [0.2, 0.25) is 5.91 Å². The Morgan fingerprint density at radius 3 is 2.44 bits per heavy atom. The summed E-state index contributed by atoms with van der Waals surface area (Å²) in [5.41, 5.74) is 0.632. The molecule has 1 aromatic carbocycles. The first-order chi connectivity index (χ1) is 12.9. The fourth-order valence-corrected chi connectivity index (χ4v) is 4.54. The Balaban J connectivity index is 1.84. The van der Waals surface area contributed by atoms with Gasteiger partial charge in [0, 0.05) is 32.2 Å². The van der Waals surface area contributed by atoms with Gasteiger partial charge >= 0.3 is 0 Å². The minimum atomic E-state index is -0.281. The number of rotatable bonds is 5. The van der Waals surface area contributed by atoms with Gasteiger partial charge in [-0.2, -0.15) is 0 Å². The van der Waals surface area contributed by atoms with Crippen LogP contribution in [-0.4, -0.2) is 63.2 Å². The van der Waals surface area contributed by atoms with Crippen LogP contribution in [0.5, 0.6) is 0 Å². The Hall–Kier alpha value is -1.86. The van der Waals surface area contributed by atoms with Gasteiger partial charge in [0.05, 0.1) is 16.2 Å². The average molecular weight is 389 g/mol. The summed E-state index contributed by atoms with van der Waals surface area (Å²) >= 11 is 1.38. The highest BCUT2D eigenvalue weighted by molar-refractivity contribution is 8.00. The summed E-state index contributed by atoms with van der Waals surface area (Å²) in [6.45, 7) is 12.4. The molecule has 0 spiro atoms. The van der Waals surface area contributed by atoms with Gasteiger partial charge < -0.3 is 9.80 Å². The summed E-state index contributed by atoms with van der Waals surface area (Å²) in [4.78, 5) is 34.8. The van der Waals surface area contributed by atoms with E-state index in [9.17, 15) is 9.59 Å². The first-order valence-corrected chi connectivity index (χ1v) is 10.5. The fourth-order valence-electron chi connectivity index (χ4n) is 3.41. The van der Waals surface area contributed by atoms with Crippen molar-refractivity contribution < 1.29 is 4.79 Å². The Labute approximate surface area is 164 Å². The smallest absolute Gasteiger partial charge is 0.262 e. The van der Waals surface area contributed by atoms with Crippen LogP contribution in [0.15, 0.2) is 34.2 Å². The highest BCUT2D eigenvalue weighted by Crippen LogP contribution is 2.26. The molecule has 1 fully saturated rings. The highest BCUT2D eigenvalue weighted by atomic mass is 32.2. The van der Waals surface area contributed by atoms with Crippen molar-refractivity contribution in [1.82, 2.24) is 19.4 Å². The molecule has 27 heavy (non-hydrogen) atoms. The highest BCUT2D eigenvalue weighted by Gasteiger charge is 2.27. The third-order valence-electron chi connectivity index (χ3n) is 5.05. The van der Waals surface area contributed by atoms with Crippen molar-refractivity contribution in [3.63, 3.8) is 0 Å². The number of thioether (sulfide) groups is 1. The molecule has 3 rings (SSSR count). The predicted molar refractivity (Wildman–Crippen MR) is 110 cm³/mol. The molecule has 1 aromatic heterocycles. The third kappa shape index (κ3) is 4.19. The number of aromatic nitrogens is 2. The minimum Gasteiger partial charge on any atom is -0.339 e. The second-order valence-corrected chi connectivity index (χ2v) is 8.51. The molecule has 0 unspecified atom stereocenters. The first-order valence-electron chi connectivity index (χ1n) is 9.61. The molecule has 0 N–H and O–H groups in total. The van der Waals surface area contributed by atoms with Gasteiger partial charge in [-0.05, 0) is 39.4 Å². The zero-order valence-corrected chi connectivity index (χ0v) is 17.3. The van der Waals surface area contributed by atoms with E-state index in [-0.39, 0.29) is 22.8 Å². The van der Waals surface area contributed by atoms with Crippen molar-refractivity contribution in [3.8, 4) is 0 Å². The largest absolute Gasteiger partial charge is 0.339 e. The Bertz CT molecular complexity index is 872. The van der Waals surface area contributed by atoms with Crippen LogP contribution < -0.4 is 5.56 Å². The summed E-state index contributed by atoms with van der Waals surface area (Å²) in [6.07, 6.45) is 0. The van der Waals surface area contributed by atoms with Gasteiger partial charge in [-0.1, -0.05) is 30.8 Å². The van der Waals surface area contributed by atoms with E-state index in [1.165, 1.54) is 11.8 Å². The SMILES string of the molecule is CCN1CCN(C(=O)[C@H](C)Sc2nc3ccccc3c(=O)n2C(C)C)CC1. The molecule has 1 aliphatic heterocycles. The van der Waals surface area contributed by atoms with Crippen LogP contribution in [0.2, 0.25) is 0 Å². The molecule has 0 saturated carbocycles. The van der Waals surface area contributed by atoms with E-state index in [2.05, 4.69) is 11.8 Å². The number of para-hydroxylation sites is 1. The van der Waals surface area contributed by atoms with E-state index in [0.29, 0.717) is 16.1 Å². The number of piperazine rings is 1. The van der Waals surface area contributed by atoms with Gasteiger partial charge in [-0.15, -0.1) is 0 Å². The molecule has 1 aliphatic rings. The zero-order valence-electron chi connectivity index (χ0n) is 16.5. The van der Waals surface area contributed by atoms with E-state index in [1.807, 2.05) is 43.9 Å². The monoisotopic (exact) mass is 388 g/mol. The maximum atomic E-state index is 12.9. The molecule has 2 heterocycles. The summed E-state index contributed by atoms with van der Waals surface area (Å²) < 4.78 is 1.70. The van der Waals surface area contributed by atoms with Crippen LogP contribution in [0.25, 0.3) is 10.9 Å². The number of fused-ring (bicyclic) bond motifs is 1. The van der Waals surface area contributed by atoms with Gasteiger partial charge in [-0.25, -0.2) is 4.98 Å². The van der Waals surface area contributed by atoms with Crippen LogP contribution in [0.1, 0.15) is 33.7 Å². The van der Waals surface area contributed by atoms with Crippen LogP contribution in [0, 0.1) is 0 Å². The average Bonchev–Trinajstić information content (AvgIpc) is 2.67. The van der Waals surface area contributed by atoms with Crippen molar-refractivity contribution in [3.05, 3.63) is 34.6 Å². The number of hydrogen-bond donors (Lipinski definition) is 0. The second kappa shape index (κ2) is 8.44. The van der Waals surface area contributed by atoms with Crippen LogP contribution in [0.3, 0.4) is 0 Å². The number of carbonyl (C=O) groups excluding carboxylic acids is 1. The lowest BCUT2D eigenvalue weighted by atomic mass is 10.2. The Kier molecular flexibility index (Phi) is 6.22. The second-order valence-electron chi connectivity index (χ2n) is 7.20. The first kappa shape index (κ1) is 19.9. The lowest BCUT2D eigenvalue weighted by Gasteiger charge is -2.35. The van der Waals surface area contributed by atoms with Gasteiger partial charge in [-0.3, -0.25) is 14.2 Å². The Morgan fingerprint density at radius 1 is 1.15 bits per heavy atom. The lowest BCUT2D eigenvalue weighted by molar-refractivity contribution is -0.132. The molecule has 2 aromatic rings. The number of likely N-dealkylation sites (N-methyl/N-ethyl adjacent to an activating group) is 1. The summed E-state index contributed by atoms with van der Waals surface area (Å²) in [5.74, 6) is 0.119. The zero-order chi connectivity index (χ0) is 19.6. The standard InChI is InChI=1S/C20H28N4O2S/c1-5-22-10-12-23(13-11-22)18(25)15(4)27-20-21-17-9-7-6-8-16(17)19(26)24(20)14(2)3/h6-9,14-15H,5,10-13H2,1-4H3/t15-/m0/s1. The van der Waals surface area contributed by atoms with Crippen molar-refractivity contribution in [2.75, 3.05) is 32.7 Å². The van der Waals surface area contributed by atoms with Gasteiger partial charge in [0.1, 0.15) is 0 Å². The van der Waals surface area contributed by atoms with Gasteiger partial charge in [0.25, 0.3) is 5.56 Å². The van der Waals surface area contributed by atoms with Crippen LogP contribution in [0.4, 0.5) is 0 Å². The number of nitrogens with zero attached hydrogens (tertiary/aromatic N) is 4. The molecule has 146 valence electrons. The molecule has 1 saturated heterocycles. The topological polar surface area (TPSA) is 58.4 Å². The molecule has 1 amide bonds. The number of carbonyl (C=O) groups is 1. The number of amides is 1. The van der Waals surface area contributed by atoms with Crippen molar-refractivity contribution >= 4 is 28.6 Å². The summed E-state index contributed by atoms with van der Waals surface area (Å²) in [7, 11) is 0. The van der Waals surface area contributed by atoms with Crippen molar-refractivity contribution in [1.29, 1.82) is 0 Å². The molecule has 0 aliphatic carbocycles. The van der Waals surface area contributed by atoms with E-state index in [0.717, 1.165) is 32.7 Å². The number of hydrogen-bond acceptors (Lipinski definition) is 5. The normalized spacial score (nSPS) is 16.9. The number of benzene rings is 1. The van der Waals surface area contributed by atoms with Gasteiger partial charge in [0.15, 0.2) is 5.16 Å². The van der Waals surface area contributed by atoms with E-state index in [4.69, 9.17) is 4.98 Å². The minimum absolute atomic E-state index is 0.0208. The molecule has 1 atom stereocenters. The molecule has 0 radical (unpaired) electrons. The molecule has 0 bridgehead atoms. The molecule has 7 heteroatoms. The van der Waals surface area contributed by atoms with E-state index in [1.54, 1.807) is 10.6 Å². The van der Waals surface area contributed by atoms with E-state index >= 15 is 0 Å². The maximum Gasteiger partial charge on any atom is 0.262 e. The molecular weight excluding hydrogens is 360 g/mol. The van der Waals surface area contributed by atoms with Crippen LogP contribution in [-0.2, 0) is 4.79 Å². The Morgan fingerprint density at radius 2 is 1.81 bits per heavy atom. The van der Waals surface area contributed by atoms with E-state index < -0.39 is 0 Å². The predicted octanol–water partition coefficient (Wildman–Crippen LogP) is 2.62. The quantitative estimate of drug-likeness (QED) is 0.582. The van der Waals surface area contributed by atoms with Crippen molar-refractivity contribution in [2.45, 2.75) is 44.1 Å². The molecular formula is C20H28N4O2S. The molecule has 6 nitrogen and oxygen atoms in total. The maximum absolute atomic E-state index is 12.9. The van der Waals surface area contributed by atoms with Crippen LogP contribution >= 0.6 is 11.8 Å². The third-order valence-corrected chi connectivity index (χ3v) is 6.11. The van der Waals surface area contributed by atoms with Crippen molar-refractivity contribution in [2.24, 2.45) is 0 Å². The lowest BCUT2D eigenvalue weighted by Crippen LogP contribution is -2.50. The summed E-state index contributed by atoms with van der Waals surface area (Å²) in [5, 5.41) is 0.947.